The molecule has 0 radical (unpaired) electrons. The lowest BCUT2D eigenvalue weighted by molar-refractivity contribution is -0.159. The number of Topliss-reactive ketones (excluding diaryl/α,β-unsaturated/α-hetero) is 2. The van der Waals surface area contributed by atoms with Gasteiger partial charge in [0.05, 0.1) is 13.2 Å². The van der Waals surface area contributed by atoms with Crippen molar-refractivity contribution >= 4 is 41.0 Å². The molecule has 0 bridgehead atoms. The van der Waals surface area contributed by atoms with Crippen LogP contribution in [0, 0.1) is 0 Å². The summed E-state index contributed by atoms with van der Waals surface area (Å²) in [6.07, 6.45) is 0. The quantitative estimate of drug-likeness (QED) is 0.402. The van der Waals surface area contributed by atoms with Gasteiger partial charge in [0.25, 0.3) is 0 Å². The van der Waals surface area contributed by atoms with Crippen molar-refractivity contribution in [1.29, 1.82) is 0 Å². The largest absolute Gasteiger partial charge is 0.464 e. The molecule has 0 heterocycles. The molecule has 0 saturated heterocycles. The van der Waals surface area contributed by atoms with E-state index in [9.17, 15) is 24.0 Å². The van der Waals surface area contributed by atoms with Gasteiger partial charge in [0.15, 0.2) is 11.6 Å². The summed E-state index contributed by atoms with van der Waals surface area (Å²) in [6, 6.07) is -1.37. The number of carbonyl (C=O) groups is 5. The Hall–Kier alpha value is -1.96. The minimum atomic E-state index is -1.37. The number of ketones is 2. The molecule has 0 fully saturated rings. The highest BCUT2D eigenvalue weighted by molar-refractivity contribution is 6.41. The second-order valence-electron chi connectivity index (χ2n) is 4.22. The molecule has 0 rings (SSSR count). The summed E-state index contributed by atoms with van der Waals surface area (Å²) in [5, 5.41) is 1.23. The average molecular weight is 382 g/mol. The molecule has 0 spiro atoms. The smallest absolute Gasteiger partial charge is 0.340 e. The van der Waals surface area contributed by atoms with Gasteiger partial charge in [-0.05, 0) is 27.7 Å². The van der Waals surface area contributed by atoms with Crippen molar-refractivity contribution in [3.8, 4) is 0 Å². The summed E-state index contributed by atoms with van der Waals surface area (Å²) in [6.45, 7) is 11.3. The van der Waals surface area contributed by atoms with E-state index < -0.39 is 29.3 Å². The maximum absolute atomic E-state index is 11.3. The maximum atomic E-state index is 11.3. The molecule has 25 heavy (non-hydrogen) atoms. The Morgan fingerprint density at radius 3 is 1.32 bits per heavy atom. The van der Waals surface area contributed by atoms with E-state index in [1.807, 2.05) is 13.8 Å². The standard InChI is InChI=1S/C9H15NO5.C5H7ClO2.C2H6/c1-4-14-8(12)7(10-6(3)11)9(13)15-5-2;1-3(7)5(6)4(2)8;1-2/h7H,4-5H2,1-3H3,(H,10,11);5H,1-2H3;1-2H3. The SMILES string of the molecule is CC.CC(=O)C(Cl)C(C)=O.CCOC(=O)C(NC(C)=O)C(=O)OCC. The van der Waals surface area contributed by atoms with Crippen LogP contribution in [0.25, 0.3) is 0 Å². The summed E-state index contributed by atoms with van der Waals surface area (Å²) < 4.78 is 9.24. The van der Waals surface area contributed by atoms with Crippen molar-refractivity contribution in [3.05, 3.63) is 0 Å². The molecular formula is C16H28ClNO7. The molecule has 146 valence electrons. The molecule has 8 nitrogen and oxygen atoms in total. The maximum Gasteiger partial charge on any atom is 0.340 e. The highest BCUT2D eigenvalue weighted by Gasteiger charge is 2.30. The van der Waals surface area contributed by atoms with Gasteiger partial charge in [-0.3, -0.25) is 14.4 Å². The molecule has 0 aromatic carbocycles. The van der Waals surface area contributed by atoms with Crippen LogP contribution in [0.4, 0.5) is 0 Å². The lowest BCUT2D eigenvalue weighted by Crippen LogP contribution is -2.47. The van der Waals surface area contributed by atoms with Crippen LogP contribution in [0.2, 0.25) is 0 Å². The molecule has 9 heteroatoms. The number of ether oxygens (including phenoxy) is 2. The predicted octanol–water partition coefficient (Wildman–Crippen LogP) is 1.42. The first-order valence-electron chi connectivity index (χ1n) is 7.83. The van der Waals surface area contributed by atoms with E-state index in [-0.39, 0.29) is 24.8 Å². The summed E-state index contributed by atoms with van der Waals surface area (Å²) in [5.74, 6) is -2.71. The van der Waals surface area contributed by atoms with E-state index >= 15 is 0 Å². The number of amides is 1. The molecule has 0 aliphatic rings. The second kappa shape index (κ2) is 16.9. The van der Waals surface area contributed by atoms with Gasteiger partial charge in [-0.25, -0.2) is 9.59 Å². The number of hydrogen-bond donors (Lipinski definition) is 1. The van der Waals surface area contributed by atoms with Gasteiger partial charge < -0.3 is 14.8 Å². The fourth-order valence-corrected chi connectivity index (χ4v) is 1.15. The van der Waals surface area contributed by atoms with Crippen LogP contribution in [0.3, 0.4) is 0 Å². The Morgan fingerprint density at radius 2 is 1.16 bits per heavy atom. The zero-order valence-electron chi connectivity index (χ0n) is 15.8. The fraction of sp³-hybridized carbons (Fsp3) is 0.688. The summed E-state index contributed by atoms with van der Waals surface area (Å²) in [4.78, 5) is 53.7. The van der Waals surface area contributed by atoms with Gasteiger partial charge >= 0.3 is 11.9 Å². The summed E-state index contributed by atoms with van der Waals surface area (Å²) in [5.41, 5.74) is 0. The van der Waals surface area contributed by atoms with Crippen molar-refractivity contribution in [3.63, 3.8) is 0 Å². The first kappa shape index (κ1) is 27.9. The Bertz CT molecular complexity index is 420. The number of rotatable bonds is 7. The minimum Gasteiger partial charge on any atom is -0.464 e. The lowest BCUT2D eigenvalue weighted by Gasteiger charge is -2.14. The molecule has 0 aromatic heterocycles. The van der Waals surface area contributed by atoms with E-state index in [0.717, 1.165) is 0 Å². The number of halogens is 1. The van der Waals surface area contributed by atoms with Gasteiger partial charge in [-0.2, -0.15) is 0 Å². The van der Waals surface area contributed by atoms with Crippen LogP contribution < -0.4 is 5.32 Å². The monoisotopic (exact) mass is 381 g/mol. The van der Waals surface area contributed by atoms with Gasteiger partial charge in [0, 0.05) is 6.92 Å². The summed E-state index contributed by atoms with van der Waals surface area (Å²) in [7, 11) is 0. The number of nitrogens with one attached hydrogen (secondary N) is 1. The van der Waals surface area contributed by atoms with Crippen LogP contribution in [-0.4, -0.2) is 54.0 Å². The van der Waals surface area contributed by atoms with Gasteiger partial charge in [0.1, 0.15) is 5.38 Å². The lowest BCUT2D eigenvalue weighted by atomic mass is 10.2. The predicted molar refractivity (Wildman–Crippen MR) is 93.2 cm³/mol. The Labute approximate surface area is 153 Å². The first-order valence-corrected chi connectivity index (χ1v) is 8.27. The third-order valence-corrected chi connectivity index (χ3v) is 2.72. The highest BCUT2D eigenvalue weighted by Crippen LogP contribution is 1.97. The number of carbonyl (C=O) groups excluding carboxylic acids is 5. The Kier molecular flexibility index (Phi) is 18.8. The minimum absolute atomic E-state index is 0.133. The average Bonchev–Trinajstić information content (AvgIpc) is 2.54. The number of esters is 2. The topological polar surface area (TPSA) is 116 Å². The molecule has 0 saturated carbocycles. The fourth-order valence-electron chi connectivity index (χ4n) is 1.15. The van der Waals surface area contributed by atoms with E-state index in [2.05, 4.69) is 14.8 Å². The van der Waals surface area contributed by atoms with Crippen LogP contribution in [0.15, 0.2) is 0 Å². The number of hydrogen-bond acceptors (Lipinski definition) is 7. The number of alkyl halides is 1. The van der Waals surface area contributed by atoms with E-state index in [1.54, 1.807) is 13.8 Å². The molecule has 0 unspecified atom stereocenters. The van der Waals surface area contributed by atoms with Crippen molar-refractivity contribution in [2.75, 3.05) is 13.2 Å². The molecule has 0 aliphatic carbocycles. The van der Waals surface area contributed by atoms with E-state index in [4.69, 9.17) is 11.6 Å². The van der Waals surface area contributed by atoms with E-state index in [1.165, 1.54) is 20.8 Å². The molecule has 0 atom stereocenters. The van der Waals surface area contributed by atoms with Crippen LogP contribution in [0.5, 0.6) is 0 Å². The first-order chi connectivity index (χ1) is 11.6. The van der Waals surface area contributed by atoms with Gasteiger partial charge in [0.2, 0.25) is 11.9 Å². The Balaban J connectivity index is -0.000000408. The van der Waals surface area contributed by atoms with Crippen molar-refractivity contribution in [2.24, 2.45) is 0 Å². The molecular weight excluding hydrogens is 354 g/mol. The van der Waals surface area contributed by atoms with Crippen molar-refractivity contribution in [1.82, 2.24) is 5.32 Å². The third kappa shape index (κ3) is 15.3. The Morgan fingerprint density at radius 1 is 0.840 bits per heavy atom. The second-order valence-corrected chi connectivity index (χ2v) is 4.66. The van der Waals surface area contributed by atoms with Gasteiger partial charge in [-0.15, -0.1) is 11.6 Å². The van der Waals surface area contributed by atoms with Crippen LogP contribution in [0.1, 0.15) is 48.5 Å². The van der Waals surface area contributed by atoms with E-state index in [0.29, 0.717) is 0 Å². The van der Waals surface area contributed by atoms with Crippen LogP contribution >= 0.6 is 11.6 Å². The van der Waals surface area contributed by atoms with Crippen molar-refractivity contribution in [2.45, 2.75) is 59.9 Å². The normalized spacial score (nSPS) is 9.04. The zero-order valence-corrected chi connectivity index (χ0v) is 16.6. The molecule has 0 aromatic rings. The molecule has 1 amide bonds. The van der Waals surface area contributed by atoms with Gasteiger partial charge in [-0.1, -0.05) is 13.8 Å². The molecule has 1 N–H and O–H groups in total. The van der Waals surface area contributed by atoms with Crippen LogP contribution in [-0.2, 0) is 33.4 Å². The third-order valence-electron chi connectivity index (χ3n) is 2.11. The molecule has 0 aliphatic heterocycles. The van der Waals surface area contributed by atoms with Crippen molar-refractivity contribution < 1.29 is 33.4 Å². The zero-order chi connectivity index (χ0) is 20.6. The summed E-state index contributed by atoms with van der Waals surface area (Å²) >= 11 is 5.25. The highest BCUT2D eigenvalue weighted by atomic mass is 35.5.